The standard InChI is InChI=1S/C20H26N6S.HI/c1-15(2)19-24-17(14-27-19)11-22-20(21-3)25(4)12-16-10-23-26(13-16)18-8-6-5-7-9-18;/h5-10,13-15H,11-12H2,1-4H3,(H,21,22);1H. The second kappa shape index (κ2) is 10.6. The van der Waals surface area contributed by atoms with Gasteiger partial charge in [0, 0.05) is 43.7 Å². The molecule has 2 heterocycles. The summed E-state index contributed by atoms with van der Waals surface area (Å²) in [7, 11) is 3.82. The number of benzene rings is 1. The Morgan fingerprint density at radius 3 is 2.68 bits per heavy atom. The van der Waals surface area contributed by atoms with Crippen molar-refractivity contribution in [3.05, 3.63) is 64.4 Å². The van der Waals surface area contributed by atoms with Crippen molar-refractivity contribution < 1.29 is 0 Å². The Hall–Kier alpha value is -1.94. The molecule has 3 aromatic rings. The molecular formula is C20H27IN6S. The average Bonchev–Trinajstić information content (AvgIpc) is 3.33. The van der Waals surface area contributed by atoms with Crippen molar-refractivity contribution in [1.29, 1.82) is 0 Å². The monoisotopic (exact) mass is 510 g/mol. The fourth-order valence-corrected chi connectivity index (χ4v) is 3.57. The van der Waals surface area contributed by atoms with Crippen molar-refractivity contribution in [2.45, 2.75) is 32.9 Å². The first-order valence-corrected chi connectivity index (χ1v) is 9.90. The minimum atomic E-state index is 0. The SMILES string of the molecule is CN=C(NCc1csc(C(C)C)n1)N(C)Cc1cnn(-c2ccccc2)c1.I. The second-order valence-corrected chi connectivity index (χ2v) is 7.61. The molecule has 0 unspecified atom stereocenters. The lowest BCUT2D eigenvalue weighted by molar-refractivity contribution is 0.476. The van der Waals surface area contributed by atoms with Crippen LogP contribution >= 0.6 is 35.3 Å². The zero-order chi connectivity index (χ0) is 19.2. The van der Waals surface area contributed by atoms with Crippen molar-refractivity contribution in [3.8, 4) is 5.69 Å². The highest BCUT2D eigenvalue weighted by Gasteiger charge is 2.10. The van der Waals surface area contributed by atoms with Gasteiger partial charge in [0.1, 0.15) is 0 Å². The Balaban J connectivity index is 0.00000280. The van der Waals surface area contributed by atoms with E-state index in [-0.39, 0.29) is 24.0 Å². The van der Waals surface area contributed by atoms with Gasteiger partial charge in [-0.05, 0) is 12.1 Å². The summed E-state index contributed by atoms with van der Waals surface area (Å²) in [5, 5.41) is 11.1. The number of para-hydroxylation sites is 1. The predicted octanol–water partition coefficient (Wildman–Crippen LogP) is 4.28. The molecule has 0 saturated heterocycles. The molecule has 28 heavy (non-hydrogen) atoms. The third kappa shape index (κ3) is 5.78. The molecular weight excluding hydrogens is 483 g/mol. The van der Waals surface area contributed by atoms with Crippen LogP contribution in [0.1, 0.15) is 36.0 Å². The van der Waals surface area contributed by atoms with Crippen LogP contribution in [0.15, 0.2) is 53.1 Å². The molecule has 3 rings (SSSR count). The maximum Gasteiger partial charge on any atom is 0.194 e. The van der Waals surface area contributed by atoms with Crippen LogP contribution in [0.5, 0.6) is 0 Å². The number of guanidine groups is 1. The van der Waals surface area contributed by atoms with Crippen LogP contribution in [0, 0.1) is 0 Å². The number of nitrogens with zero attached hydrogens (tertiary/aromatic N) is 5. The Kier molecular flexibility index (Phi) is 8.43. The largest absolute Gasteiger partial charge is 0.351 e. The van der Waals surface area contributed by atoms with E-state index in [1.165, 1.54) is 5.01 Å². The van der Waals surface area contributed by atoms with Crippen LogP contribution in [0.25, 0.3) is 5.69 Å². The summed E-state index contributed by atoms with van der Waals surface area (Å²) in [5.74, 6) is 1.30. The third-order valence-electron chi connectivity index (χ3n) is 4.14. The highest BCUT2D eigenvalue weighted by Crippen LogP contribution is 2.19. The number of hydrogen-bond donors (Lipinski definition) is 1. The van der Waals surface area contributed by atoms with Crippen molar-refractivity contribution in [1.82, 2.24) is 25.0 Å². The van der Waals surface area contributed by atoms with Gasteiger partial charge in [0.15, 0.2) is 5.96 Å². The number of thiazole rings is 1. The fourth-order valence-electron chi connectivity index (χ4n) is 2.74. The van der Waals surface area contributed by atoms with Gasteiger partial charge in [-0.2, -0.15) is 5.10 Å². The molecule has 0 bridgehead atoms. The molecule has 0 aliphatic heterocycles. The van der Waals surface area contributed by atoms with Crippen LogP contribution < -0.4 is 5.32 Å². The van der Waals surface area contributed by atoms with Crippen LogP contribution in [-0.4, -0.2) is 39.7 Å². The minimum absolute atomic E-state index is 0. The second-order valence-electron chi connectivity index (χ2n) is 6.72. The lowest BCUT2D eigenvalue weighted by Gasteiger charge is -2.21. The summed E-state index contributed by atoms with van der Waals surface area (Å²) >= 11 is 1.71. The van der Waals surface area contributed by atoms with Gasteiger partial charge < -0.3 is 10.2 Å². The first-order valence-electron chi connectivity index (χ1n) is 9.02. The summed E-state index contributed by atoms with van der Waals surface area (Å²) in [6.45, 7) is 5.72. The molecule has 2 aromatic heterocycles. The lowest BCUT2D eigenvalue weighted by Crippen LogP contribution is -2.38. The van der Waals surface area contributed by atoms with E-state index in [9.17, 15) is 0 Å². The van der Waals surface area contributed by atoms with Crippen molar-refractivity contribution in [2.75, 3.05) is 14.1 Å². The first kappa shape index (κ1) is 22.4. The van der Waals surface area contributed by atoms with E-state index >= 15 is 0 Å². The molecule has 150 valence electrons. The topological polar surface area (TPSA) is 58.3 Å². The summed E-state index contributed by atoms with van der Waals surface area (Å²) in [4.78, 5) is 11.1. The molecule has 0 fully saturated rings. The molecule has 0 saturated carbocycles. The fraction of sp³-hybridized carbons (Fsp3) is 0.350. The quantitative estimate of drug-likeness (QED) is 0.306. The normalized spacial score (nSPS) is 11.4. The molecule has 6 nitrogen and oxygen atoms in total. The Morgan fingerprint density at radius 1 is 1.29 bits per heavy atom. The van der Waals surface area contributed by atoms with Crippen LogP contribution in [0.4, 0.5) is 0 Å². The van der Waals surface area contributed by atoms with E-state index < -0.39 is 0 Å². The summed E-state index contributed by atoms with van der Waals surface area (Å²) in [5.41, 5.74) is 3.23. The van der Waals surface area contributed by atoms with Crippen LogP contribution in [0.3, 0.4) is 0 Å². The number of aromatic nitrogens is 3. The van der Waals surface area contributed by atoms with E-state index in [0.717, 1.165) is 29.4 Å². The summed E-state index contributed by atoms with van der Waals surface area (Å²) in [6, 6.07) is 10.1. The number of halogens is 1. The lowest BCUT2D eigenvalue weighted by atomic mass is 10.2. The third-order valence-corrected chi connectivity index (χ3v) is 5.34. The maximum atomic E-state index is 4.67. The summed E-state index contributed by atoms with van der Waals surface area (Å²) < 4.78 is 1.89. The van der Waals surface area contributed by atoms with E-state index in [0.29, 0.717) is 12.5 Å². The average molecular weight is 510 g/mol. The summed E-state index contributed by atoms with van der Waals surface area (Å²) in [6.07, 6.45) is 3.95. The molecule has 1 N–H and O–H groups in total. The number of hydrogen-bond acceptors (Lipinski definition) is 4. The van der Waals surface area contributed by atoms with E-state index in [1.807, 2.05) is 48.3 Å². The van der Waals surface area contributed by atoms with Gasteiger partial charge in [0.05, 0.1) is 29.1 Å². The Morgan fingerprint density at radius 2 is 2.04 bits per heavy atom. The number of nitrogens with one attached hydrogen (secondary N) is 1. The Bertz CT molecular complexity index is 887. The zero-order valence-corrected chi connectivity index (χ0v) is 19.8. The zero-order valence-electron chi connectivity index (χ0n) is 16.7. The molecule has 0 radical (unpaired) electrons. The molecule has 8 heteroatoms. The Labute approximate surface area is 187 Å². The van der Waals surface area contributed by atoms with Crippen LogP contribution in [0.2, 0.25) is 0 Å². The molecule has 0 spiro atoms. The first-order chi connectivity index (χ1) is 13.1. The minimum Gasteiger partial charge on any atom is -0.351 e. The predicted molar refractivity (Wildman–Crippen MR) is 127 cm³/mol. The molecule has 1 aromatic carbocycles. The van der Waals surface area contributed by atoms with E-state index in [4.69, 9.17) is 0 Å². The highest BCUT2D eigenvalue weighted by atomic mass is 127. The van der Waals surface area contributed by atoms with Crippen molar-refractivity contribution in [3.63, 3.8) is 0 Å². The number of aliphatic imine (C=N–C) groups is 1. The van der Waals surface area contributed by atoms with Gasteiger partial charge in [-0.3, -0.25) is 4.99 Å². The van der Waals surface area contributed by atoms with Crippen molar-refractivity contribution >= 4 is 41.3 Å². The number of rotatable bonds is 6. The van der Waals surface area contributed by atoms with Crippen molar-refractivity contribution in [2.24, 2.45) is 4.99 Å². The van der Waals surface area contributed by atoms with Crippen LogP contribution in [-0.2, 0) is 13.1 Å². The smallest absolute Gasteiger partial charge is 0.194 e. The van der Waals surface area contributed by atoms with E-state index in [2.05, 4.69) is 50.7 Å². The molecule has 0 aliphatic rings. The van der Waals surface area contributed by atoms with Gasteiger partial charge in [-0.1, -0.05) is 32.0 Å². The van der Waals surface area contributed by atoms with Gasteiger partial charge >= 0.3 is 0 Å². The van der Waals surface area contributed by atoms with Gasteiger partial charge in [-0.25, -0.2) is 9.67 Å². The van der Waals surface area contributed by atoms with Gasteiger partial charge in [0.25, 0.3) is 0 Å². The molecule has 0 amide bonds. The van der Waals surface area contributed by atoms with Gasteiger partial charge in [-0.15, -0.1) is 35.3 Å². The van der Waals surface area contributed by atoms with Gasteiger partial charge in [0.2, 0.25) is 0 Å². The highest BCUT2D eigenvalue weighted by molar-refractivity contribution is 14.0. The molecule has 0 aliphatic carbocycles. The molecule has 0 atom stereocenters. The van der Waals surface area contributed by atoms with E-state index in [1.54, 1.807) is 18.4 Å². The maximum absolute atomic E-state index is 4.67.